The number of nitrogens with one attached hydrogen (secondary N) is 2. The van der Waals surface area contributed by atoms with Crippen LogP contribution in [0.1, 0.15) is 44.7 Å². The standard InChI is InChI=1S/C23H25FN6O4S/c1-3-16(18-9-10-26-23(29-18)30-35(32,33)15-6-7-15)22(31)28-19-8-5-14(11-17(19)24)20-12-25-13-21(27-20)34-4-2/h5,8-13,15-16H,3-4,6-7H2,1-2H3,(H,28,31)(H,26,29,30). The average Bonchev–Trinajstić information content (AvgIpc) is 3.68. The zero-order chi connectivity index (χ0) is 25.0. The Morgan fingerprint density at radius 3 is 2.69 bits per heavy atom. The molecule has 1 aliphatic rings. The molecule has 1 unspecified atom stereocenters. The molecule has 184 valence electrons. The number of sulfonamides is 1. The third-order valence-corrected chi connectivity index (χ3v) is 7.20. The molecule has 4 rings (SSSR count). The van der Waals surface area contributed by atoms with Crippen LogP contribution in [0.4, 0.5) is 16.0 Å². The van der Waals surface area contributed by atoms with Crippen LogP contribution in [0.15, 0.2) is 42.9 Å². The summed E-state index contributed by atoms with van der Waals surface area (Å²) in [5.41, 5.74) is 1.23. The molecule has 1 aliphatic carbocycles. The molecule has 0 saturated heterocycles. The maximum Gasteiger partial charge on any atom is 0.237 e. The van der Waals surface area contributed by atoms with E-state index in [9.17, 15) is 17.6 Å². The van der Waals surface area contributed by atoms with E-state index in [4.69, 9.17) is 4.74 Å². The number of halogens is 1. The Hall–Kier alpha value is -3.67. The minimum absolute atomic E-state index is 0.00478. The summed E-state index contributed by atoms with van der Waals surface area (Å²) in [7, 11) is -3.54. The molecule has 0 bridgehead atoms. The summed E-state index contributed by atoms with van der Waals surface area (Å²) in [5.74, 6) is -1.62. The van der Waals surface area contributed by atoms with Gasteiger partial charge in [-0.3, -0.25) is 14.5 Å². The van der Waals surface area contributed by atoms with Gasteiger partial charge in [0, 0.05) is 11.8 Å². The van der Waals surface area contributed by atoms with Crippen molar-refractivity contribution in [3.8, 4) is 17.1 Å². The predicted octanol–water partition coefficient (Wildman–Crippen LogP) is 3.51. The predicted molar refractivity (Wildman–Crippen MR) is 128 cm³/mol. The maximum atomic E-state index is 14.8. The Bertz CT molecular complexity index is 1330. The lowest BCUT2D eigenvalue weighted by Crippen LogP contribution is -2.23. The van der Waals surface area contributed by atoms with Crippen LogP contribution in [0.3, 0.4) is 0 Å². The molecule has 1 atom stereocenters. The number of carbonyl (C=O) groups excluding carboxylic acids is 1. The third-order valence-electron chi connectivity index (χ3n) is 5.38. The lowest BCUT2D eigenvalue weighted by atomic mass is 10.0. The summed E-state index contributed by atoms with van der Waals surface area (Å²) < 4.78 is 46.9. The molecule has 1 saturated carbocycles. The number of anilines is 2. The van der Waals surface area contributed by atoms with Gasteiger partial charge in [0.1, 0.15) is 5.82 Å². The Kier molecular flexibility index (Phi) is 7.20. The minimum Gasteiger partial charge on any atom is -0.477 e. The van der Waals surface area contributed by atoms with Gasteiger partial charge < -0.3 is 10.1 Å². The number of carbonyl (C=O) groups is 1. The van der Waals surface area contributed by atoms with Gasteiger partial charge >= 0.3 is 0 Å². The number of hydrogen-bond acceptors (Lipinski definition) is 8. The van der Waals surface area contributed by atoms with Crippen molar-refractivity contribution >= 4 is 27.6 Å². The molecule has 10 nitrogen and oxygen atoms in total. The second-order valence-electron chi connectivity index (χ2n) is 7.97. The lowest BCUT2D eigenvalue weighted by molar-refractivity contribution is -0.117. The van der Waals surface area contributed by atoms with Gasteiger partial charge in [-0.15, -0.1) is 0 Å². The van der Waals surface area contributed by atoms with E-state index < -0.39 is 32.9 Å². The quantitative estimate of drug-likeness (QED) is 0.432. The molecule has 1 fully saturated rings. The summed E-state index contributed by atoms with van der Waals surface area (Å²) in [5, 5.41) is 2.16. The third kappa shape index (κ3) is 5.88. The lowest BCUT2D eigenvalue weighted by Gasteiger charge is -2.16. The monoisotopic (exact) mass is 500 g/mol. The molecule has 35 heavy (non-hydrogen) atoms. The first-order chi connectivity index (χ1) is 16.8. The van der Waals surface area contributed by atoms with Crippen molar-refractivity contribution in [2.75, 3.05) is 16.6 Å². The van der Waals surface area contributed by atoms with Crippen LogP contribution in [0, 0.1) is 5.82 Å². The van der Waals surface area contributed by atoms with Crippen LogP contribution in [0.25, 0.3) is 11.3 Å². The zero-order valence-electron chi connectivity index (χ0n) is 19.2. The molecule has 2 aromatic heterocycles. The van der Waals surface area contributed by atoms with Gasteiger partial charge in [0.25, 0.3) is 0 Å². The number of ether oxygens (including phenoxy) is 1. The molecular formula is C23H25FN6O4S. The molecule has 0 spiro atoms. The van der Waals surface area contributed by atoms with Crippen molar-refractivity contribution in [2.24, 2.45) is 0 Å². The normalized spacial score (nSPS) is 14.3. The first-order valence-corrected chi connectivity index (χ1v) is 12.8. The van der Waals surface area contributed by atoms with Gasteiger partial charge in [0.2, 0.25) is 27.8 Å². The second-order valence-corrected chi connectivity index (χ2v) is 9.93. The summed E-state index contributed by atoms with van der Waals surface area (Å²) in [4.78, 5) is 29.5. The van der Waals surface area contributed by atoms with Crippen LogP contribution in [0.5, 0.6) is 5.88 Å². The van der Waals surface area contributed by atoms with E-state index >= 15 is 0 Å². The van der Waals surface area contributed by atoms with E-state index in [0.29, 0.717) is 48.7 Å². The average molecular weight is 501 g/mol. The van der Waals surface area contributed by atoms with Crippen molar-refractivity contribution in [1.82, 2.24) is 19.9 Å². The van der Waals surface area contributed by atoms with Gasteiger partial charge in [-0.25, -0.2) is 27.8 Å². The molecule has 12 heteroatoms. The summed E-state index contributed by atoms with van der Waals surface area (Å²) >= 11 is 0. The first kappa shape index (κ1) is 24.5. The first-order valence-electron chi connectivity index (χ1n) is 11.2. The zero-order valence-corrected chi connectivity index (χ0v) is 20.0. The van der Waals surface area contributed by atoms with E-state index in [1.54, 1.807) is 13.0 Å². The molecule has 2 N–H and O–H groups in total. The Morgan fingerprint density at radius 1 is 1.20 bits per heavy atom. The maximum absolute atomic E-state index is 14.8. The van der Waals surface area contributed by atoms with E-state index in [1.807, 2.05) is 6.92 Å². The Balaban J connectivity index is 1.49. The van der Waals surface area contributed by atoms with Crippen LogP contribution < -0.4 is 14.8 Å². The highest BCUT2D eigenvalue weighted by Crippen LogP contribution is 2.30. The highest BCUT2D eigenvalue weighted by atomic mass is 32.2. The highest BCUT2D eigenvalue weighted by Gasteiger charge is 2.36. The van der Waals surface area contributed by atoms with E-state index in [1.165, 1.54) is 36.8 Å². The number of benzene rings is 1. The fraction of sp³-hybridized carbons (Fsp3) is 0.348. The molecule has 1 amide bonds. The molecular weight excluding hydrogens is 475 g/mol. The summed E-state index contributed by atoms with van der Waals surface area (Å²) in [6.45, 7) is 4.03. The number of hydrogen-bond donors (Lipinski definition) is 2. The van der Waals surface area contributed by atoms with Crippen molar-refractivity contribution in [3.05, 3.63) is 54.4 Å². The van der Waals surface area contributed by atoms with Crippen LogP contribution >= 0.6 is 0 Å². The number of nitrogens with zero attached hydrogens (tertiary/aromatic N) is 4. The fourth-order valence-corrected chi connectivity index (χ4v) is 4.71. The largest absolute Gasteiger partial charge is 0.477 e. The Morgan fingerprint density at radius 2 is 2.00 bits per heavy atom. The summed E-state index contributed by atoms with van der Waals surface area (Å²) in [6.07, 6.45) is 5.91. The van der Waals surface area contributed by atoms with E-state index in [2.05, 4.69) is 30.0 Å². The van der Waals surface area contributed by atoms with Crippen molar-refractivity contribution in [3.63, 3.8) is 0 Å². The molecule has 2 heterocycles. The molecule has 0 aliphatic heterocycles. The van der Waals surface area contributed by atoms with E-state index in [0.717, 1.165) is 0 Å². The second kappa shape index (κ2) is 10.3. The van der Waals surface area contributed by atoms with Gasteiger partial charge in [0.05, 0.1) is 47.2 Å². The smallest absolute Gasteiger partial charge is 0.237 e. The van der Waals surface area contributed by atoms with E-state index in [-0.39, 0.29) is 11.6 Å². The molecule has 0 radical (unpaired) electrons. The van der Waals surface area contributed by atoms with Crippen LogP contribution in [-0.2, 0) is 14.8 Å². The molecule has 1 aromatic carbocycles. The van der Waals surface area contributed by atoms with Crippen LogP contribution in [-0.4, -0.2) is 46.1 Å². The molecule has 3 aromatic rings. The van der Waals surface area contributed by atoms with Crippen molar-refractivity contribution < 1.29 is 22.3 Å². The van der Waals surface area contributed by atoms with Gasteiger partial charge in [0.15, 0.2) is 0 Å². The summed E-state index contributed by atoms with van der Waals surface area (Å²) in [6, 6.07) is 5.85. The topological polar surface area (TPSA) is 136 Å². The highest BCUT2D eigenvalue weighted by molar-refractivity contribution is 7.93. The van der Waals surface area contributed by atoms with Gasteiger partial charge in [-0.1, -0.05) is 13.0 Å². The Labute approximate surface area is 202 Å². The number of aromatic nitrogens is 4. The number of amides is 1. The van der Waals surface area contributed by atoms with Gasteiger partial charge in [-0.2, -0.15) is 0 Å². The minimum atomic E-state index is -3.54. The SMILES string of the molecule is CCOc1cncc(-c2ccc(NC(=O)C(CC)c3ccnc(NS(=O)(=O)C4CC4)n3)c(F)c2)n1. The van der Waals surface area contributed by atoms with Crippen LogP contribution in [0.2, 0.25) is 0 Å². The number of rotatable bonds is 10. The fourth-order valence-electron chi connectivity index (χ4n) is 3.43. The van der Waals surface area contributed by atoms with Crippen molar-refractivity contribution in [2.45, 2.75) is 44.3 Å². The van der Waals surface area contributed by atoms with Crippen molar-refractivity contribution in [1.29, 1.82) is 0 Å². The van der Waals surface area contributed by atoms with Gasteiger partial charge in [-0.05, 0) is 44.4 Å².